The molecule has 4 N–H and O–H groups in total. The topological polar surface area (TPSA) is 95.2 Å². The molecule has 9 heteroatoms. The van der Waals surface area contributed by atoms with Gasteiger partial charge in [-0.3, -0.25) is 4.79 Å². The summed E-state index contributed by atoms with van der Waals surface area (Å²) in [4.78, 5) is 22.3. The van der Waals surface area contributed by atoms with Gasteiger partial charge in [0.05, 0.1) is 17.1 Å². The molecule has 2 fully saturated rings. The van der Waals surface area contributed by atoms with Gasteiger partial charge in [-0.2, -0.15) is 0 Å². The Bertz CT molecular complexity index is 785. The van der Waals surface area contributed by atoms with Crippen LogP contribution in [0.2, 0.25) is 0 Å². The quantitative estimate of drug-likeness (QED) is 0.697. The van der Waals surface area contributed by atoms with Crippen LogP contribution in [-0.4, -0.2) is 51.1 Å². The maximum absolute atomic E-state index is 13.3. The third kappa shape index (κ3) is 4.37. The number of likely N-dealkylation sites (tertiary alicyclic amines) is 1. The first-order chi connectivity index (χ1) is 12.0. The summed E-state index contributed by atoms with van der Waals surface area (Å²) in [5.41, 5.74) is 7.30. The molecule has 1 aromatic heterocycles. The number of aromatic nitrogens is 2. The summed E-state index contributed by atoms with van der Waals surface area (Å²) >= 11 is 0. The van der Waals surface area contributed by atoms with Crippen molar-refractivity contribution < 1.29 is 14.3 Å². The lowest BCUT2D eigenvalue weighted by Gasteiger charge is -2.32. The van der Waals surface area contributed by atoms with E-state index in [9.17, 15) is 14.3 Å². The lowest BCUT2D eigenvalue weighted by molar-refractivity contribution is -0.136. The number of aliphatic hydroxyl groups excluding tert-OH is 1. The van der Waals surface area contributed by atoms with Crippen LogP contribution in [0.4, 0.5) is 4.39 Å². The number of hydrogen-bond acceptors (Lipinski definition) is 4. The zero-order valence-corrected chi connectivity index (χ0v) is 16.4. The second-order valence-electron chi connectivity index (χ2n) is 7.28. The highest BCUT2D eigenvalue weighted by molar-refractivity contribution is 5.85. The Morgan fingerprint density at radius 1 is 1.26 bits per heavy atom. The molecule has 1 aromatic carbocycles. The van der Waals surface area contributed by atoms with Crippen LogP contribution in [0.15, 0.2) is 18.2 Å². The molecule has 1 amide bonds. The first-order valence-corrected chi connectivity index (χ1v) is 8.89. The highest BCUT2D eigenvalue weighted by Gasteiger charge is 2.37. The molecule has 2 aromatic rings. The molecule has 6 nitrogen and oxygen atoms in total. The smallest absolute Gasteiger partial charge is 0.225 e. The van der Waals surface area contributed by atoms with Crippen molar-refractivity contribution in [3.63, 3.8) is 0 Å². The lowest BCUT2D eigenvalue weighted by Crippen LogP contribution is -2.41. The summed E-state index contributed by atoms with van der Waals surface area (Å²) in [5.74, 6) is 0.787. The minimum Gasteiger partial charge on any atom is -0.391 e. The Balaban J connectivity index is 0.00000131. The van der Waals surface area contributed by atoms with E-state index in [2.05, 4.69) is 9.97 Å². The molecular weight excluding hydrogens is 394 g/mol. The molecule has 2 aliphatic rings. The van der Waals surface area contributed by atoms with Gasteiger partial charge in [0, 0.05) is 31.0 Å². The van der Waals surface area contributed by atoms with Crippen molar-refractivity contribution >= 4 is 41.8 Å². The predicted octanol–water partition coefficient (Wildman–Crippen LogP) is 2.35. The molecule has 2 heterocycles. The van der Waals surface area contributed by atoms with Crippen LogP contribution in [0.3, 0.4) is 0 Å². The highest BCUT2D eigenvalue weighted by Crippen LogP contribution is 2.31. The molecule has 1 saturated carbocycles. The number of aliphatic hydroxyl groups is 1. The highest BCUT2D eigenvalue weighted by atomic mass is 35.5. The fourth-order valence-electron chi connectivity index (χ4n) is 4.08. The van der Waals surface area contributed by atoms with Crippen LogP contribution in [0.5, 0.6) is 0 Å². The second-order valence-corrected chi connectivity index (χ2v) is 7.28. The number of fused-ring (bicyclic) bond motifs is 1. The number of imidazole rings is 1. The standard InChI is InChI=1S/C18H23FN4O2.2ClH/c19-12-1-2-14-15(9-12)22-17(21-14)10-3-5-23(6-4-10)18(25)11-7-13(20)16(24)8-11;;/h1-2,9-11,13,16,24H,3-8,20H2,(H,21,22);2*1H/t11-,13-,16-;;/m0../s1. The second kappa shape index (κ2) is 8.73. The van der Waals surface area contributed by atoms with Crippen molar-refractivity contribution in [3.8, 4) is 0 Å². The van der Waals surface area contributed by atoms with Crippen LogP contribution in [-0.2, 0) is 4.79 Å². The van der Waals surface area contributed by atoms with Gasteiger partial charge in [0.15, 0.2) is 0 Å². The Labute approximate surface area is 169 Å². The molecule has 0 radical (unpaired) electrons. The van der Waals surface area contributed by atoms with E-state index in [0.717, 1.165) is 24.2 Å². The van der Waals surface area contributed by atoms with Crippen LogP contribution < -0.4 is 5.73 Å². The number of hydrogen-bond donors (Lipinski definition) is 3. The van der Waals surface area contributed by atoms with Crippen molar-refractivity contribution in [3.05, 3.63) is 29.8 Å². The monoisotopic (exact) mass is 418 g/mol. The molecule has 150 valence electrons. The van der Waals surface area contributed by atoms with Gasteiger partial charge >= 0.3 is 0 Å². The van der Waals surface area contributed by atoms with Gasteiger partial charge in [-0.25, -0.2) is 9.37 Å². The van der Waals surface area contributed by atoms with Crippen LogP contribution in [0.25, 0.3) is 11.0 Å². The minimum atomic E-state index is -0.567. The summed E-state index contributed by atoms with van der Waals surface area (Å²) in [6.45, 7) is 1.35. The van der Waals surface area contributed by atoms with Crippen LogP contribution in [0.1, 0.15) is 37.4 Å². The third-order valence-electron chi connectivity index (χ3n) is 5.58. The van der Waals surface area contributed by atoms with Crippen LogP contribution >= 0.6 is 24.8 Å². The Kier molecular flexibility index (Phi) is 7.08. The van der Waals surface area contributed by atoms with Crippen LogP contribution in [0, 0.1) is 11.7 Å². The van der Waals surface area contributed by atoms with E-state index in [0.29, 0.717) is 31.4 Å². The van der Waals surface area contributed by atoms with Gasteiger partial charge in [-0.05, 0) is 43.9 Å². The minimum absolute atomic E-state index is 0. The largest absolute Gasteiger partial charge is 0.391 e. The normalized spacial score (nSPS) is 25.9. The average molecular weight is 419 g/mol. The first kappa shape index (κ1) is 21.9. The van der Waals surface area contributed by atoms with E-state index in [4.69, 9.17) is 5.73 Å². The van der Waals surface area contributed by atoms with E-state index >= 15 is 0 Å². The van der Waals surface area contributed by atoms with E-state index < -0.39 is 6.10 Å². The molecule has 4 rings (SSSR count). The fourth-order valence-corrected chi connectivity index (χ4v) is 4.08. The molecule has 27 heavy (non-hydrogen) atoms. The number of aromatic amines is 1. The zero-order valence-electron chi connectivity index (χ0n) is 14.8. The molecule has 1 aliphatic carbocycles. The van der Waals surface area contributed by atoms with Crippen molar-refractivity contribution in [2.24, 2.45) is 11.7 Å². The lowest BCUT2D eigenvalue weighted by atomic mass is 9.94. The molecular formula is C18H25Cl2FN4O2. The molecule has 3 atom stereocenters. The molecule has 0 bridgehead atoms. The molecule has 1 saturated heterocycles. The molecule has 0 spiro atoms. The van der Waals surface area contributed by atoms with E-state index in [1.807, 2.05) is 4.90 Å². The number of nitrogens with zero attached hydrogens (tertiary/aromatic N) is 2. The summed E-state index contributed by atoms with van der Waals surface area (Å²) in [6.07, 6.45) is 2.12. The summed E-state index contributed by atoms with van der Waals surface area (Å²) in [7, 11) is 0. The summed E-state index contributed by atoms with van der Waals surface area (Å²) < 4.78 is 13.3. The number of nitrogens with two attached hydrogens (primary N) is 1. The molecule has 0 unspecified atom stereocenters. The molecule has 1 aliphatic heterocycles. The fraction of sp³-hybridized carbons (Fsp3) is 0.556. The van der Waals surface area contributed by atoms with Crippen molar-refractivity contribution in [1.82, 2.24) is 14.9 Å². The number of H-pyrrole nitrogens is 1. The van der Waals surface area contributed by atoms with Gasteiger partial charge in [-0.15, -0.1) is 24.8 Å². The van der Waals surface area contributed by atoms with E-state index in [1.54, 1.807) is 6.07 Å². The van der Waals surface area contributed by atoms with E-state index in [-0.39, 0.29) is 54.4 Å². The number of rotatable bonds is 2. The van der Waals surface area contributed by atoms with Crippen molar-refractivity contribution in [1.29, 1.82) is 0 Å². The SMILES string of the molecule is Cl.Cl.N[C@H]1C[C@H](C(=O)N2CCC(c3nc4ccc(F)cc4[nH]3)CC2)C[C@@H]1O. The summed E-state index contributed by atoms with van der Waals surface area (Å²) in [5, 5.41) is 9.76. The third-order valence-corrected chi connectivity index (χ3v) is 5.58. The number of benzene rings is 1. The zero-order chi connectivity index (χ0) is 17.6. The van der Waals surface area contributed by atoms with Gasteiger partial charge in [0.1, 0.15) is 11.6 Å². The van der Waals surface area contributed by atoms with E-state index in [1.165, 1.54) is 12.1 Å². The Morgan fingerprint density at radius 3 is 2.59 bits per heavy atom. The summed E-state index contributed by atoms with van der Waals surface area (Å²) in [6, 6.07) is 4.26. The van der Waals surface area contributed by atoms with Crippen molar-refractivity contribution in [2.45, 2.75) is 43.7 Å². The Hall–Kier alpha value is -1.41. The number of amides is 1. The average Bonchev–Trinajstić information content (AvgIpc) is 3.17. The van der Waals surface area contributed by atoms with Gasteiger partial charge in [-0.1, -0.05) is 0 Å². The number of carbonyl (C=O) groups is 1. The van der Waals surface area contributed by atoms with Crippen molar-refractivity contribution in [2.75, 3.05) is 13.1 Å². The van der Waals surface area contributed by atoms with Gasteiger partial charge in [0.25, 0.3) is 0 Å². The number of nitrogens with one attached hydrogen (secondary N) is 1. The number of carbonyl (C=O) groups excluding carboxylic acids is 1. The number of halogens is 3. The first-order valence-electron chi connectivity index (χ1n) is 8.89. The maximum Gasteiger partial charge on any atom is 0.225 e. The Morgan fingerprint density at radius 2 is 1.96 bits per heavy atom. The maximum atomic E-state index is 13.3. The number of piperidine rings is 1. The van der Waals surface area contributed by atoms with Gasteiger partial charge < -0.3 is 20.7 Å². The predicted molar refractivity (Wildman–Crippen MR) is 106 cm³/mol. The van der Waals surface area contributed by atoms with Gasteiger partial charge in [0.2, 0.25) is 5.91 Å².